The van der Waals surface area contributed by atoms with Gasteiger partial charge in [-0.3, -0.25) is 4.72 Å². The first kappa shape index (κ1) is 9.79. The van der Waals surface area contributed by atoms with Gasteiger partial charge in [-0.15, -0.1) is 0 Å². The van der Waals surface area contributed by atoms with E-state index >= 15 is 0 Å². The van der Waals surface area contributed by atoms with E-state index < -0.39 is 10.0 Å². The molecule has 0 aliphatic carbocycles. The lowest BCUT2D eigenvalue weighted by molar-refractivity contribution is 0.557. The van der Waals surface area contributed by atoms with Crippen LogP contribution in [0.4, 0.5) is 5.69 Å². The molecular formula is C10H8NO3S. The summed E-state index contributed by atoms with van der Waals surface area (Å²) in [5, 5.41) is 0. The summed E-state index contributed by atoms with van der Waals surface area (Å²) in [6, 6.07) is 10.9. The third kappa shape index (κ3) is 2.19. The lowest BCUT2D eigenvalue weighted by Gasteiger charge is -2.04. The van der Waals surface area contributed by atoms with E-state index in [1.54, 1.807) is 24.3 Å². The first-order chi connectivity index (χ1) is 7.18. The molecule has 0 atom stereocenters. The van der Waals surface area contributed by atoms with Crippen LogP contribution in [0.1, 0.15) is 0 Å². The van der Waals surface area contributed by atoms with E-state index in [1.807, 2.05) is 0 Å². The Bertz CT molecular complexity index is 517. The van der Waals surface area contributed by atoms with Crippen LogP contribution in [-0.2, 0) is 10.0 Å². The van der Waals surface area contributed by atoms with Crippen molar-refractivity contribution in [2.75, 3.05) is 4.72 Å². The van der Waals surface area contributed by atoms with Crippen LogP contribution in [0, 0.1) is 6.07 Å². The Labute approximate surface area is 87.6 Å². The van der Waals surface area contributed by atoms with E-state index in [2.05, 4.69) is 10.8 Å². The Morgan fingerprint density at radius 1 is 1.27 bits per heavy atom. The maximum absolute atomic E-state index is 11.7. The van der Waals surface area contributed by atoms with Crippen LogP contribution < -0.4 is 4.72 Å². The molecular weight excluding hydrogens is 214 g/mol. The largest absolute Gasteiger partial charge is 0.471 e. The summed E-state index contributed by atoms with van der Waals surface area (Å²) >= 11 is 0. The van der Waals surface area contributed by atoms with Crippen molar-refractivity contribution in [1.29, 1.82) is 0 Å². The molecule has 1 N–H and O–H groups in total. The molecule has 1 aromatic heterocycles. The summed E-state index contributed by atoms with van der Waals surface area (Å²) < 4.78 is 30.4. The molecule has 0 amide bonds. The number of sulfonamides is 1. The molecule has 1 aromatic carbocycles. The van der Waals surface area contributed by atoms with Crippen LogP contribution in [-0.4, -0.2) is 8.42 Å². The van der Waals surface area contributed by atoms with Crippen LogP contribution in [0.15, 0.2) is 52.2 Å². The van der Waals surface area contributed by atoms with E-state index in [0.717, 1.165) is 0 Å². The summed E-state index contributed by atoms with van der Waals surface area (Å²) in [7, 11) is -3.55. The zero-order chi connectivity index (χ0) is 10.7. The fourth-order valence-corrected chi connectivity index (χ4v) is 2.02. The first-order valence-electron chi connectivity index (χ1n) is 4.20. The lowest BCUT2D eigenvalue weighted by Crippen LogP contribution is -2.11. The highest BCUT2D eigenvalue weighted by Crippen LogP contribution is 2.14. The highest BCUT2D eigenvalue weighted by Gasteiger charge is 2.14. The van der Waals surface area contributed by atoms with E-state index in [1.165, 1.54) is 18.6 Å². The maximum atomic E-state index is 11.7. The maximum Gasteiger partial charge on any atom is 0.265 e. The van der Waals surface area contributed by atoms with Crippen molar-refractivity contribution < 1.29 is 12.8 Å². The smallest absolute Gasteiger partial charge is 0.265 e. The molecule has 15 heavy (non-hydrogen) atoms. The van der Waals surface area contributed by atoms with Gasteiger partial charge in [0, 0.05) is 6.07 Å². The minimum Gasteiger partial charge on any atom is -0.471 e. The van der Waals surface area contributed by atoms with Crippen molar-refractivity contribution in [1.82, 2.24) is 0 Å². The third-order valence-corrected chi connectivity index (χ3v) is 3.10. The Morgan fingerprint density at radius 2 is 2.13 bits per heavy atom. The average molecular weight is 222 g/mol. The van der Waals surface area contributed by atoms with Crippen molar-refractivity contribution in [3.05, 3.63) is 48.9 Å². The number of rotatable bonds is 3. The van der Waals surface area contributed by atoms with Crippen LogP contribution >= 0.6 is 0 Å². The van der Waals surface area contributed by atoms with Crippen molar-refractivity contribution >= 4 is 15.7 Å². The average Bonchev–Trinajstić information content (AvgIpc) is 2.71. The van der Waals surface area contributed by atoms with Crippen molar-refractivity contribution in [2.24, 2.45) is 0 Å². The summed E-state index contributed by atoms with van der Waals surface area (Å²) in [5.74, 6) is 0. The molecule has 0 spiro atoms. The molecule has 1 heterocycles. The minimum absolute atomic E-state index is 0.0970. The summed E-state index contributed by atoms with van der Waals surface area (Å²) in [5.41, 5.74) is 0.402. The Morgan fingerprint density at radius 3 is 2.73 bits per heavy atom. The number of anilines is 1. The molecule has 4 nitrogen and oxygen atoms in total. The van der Waals surface area contributed by atoms with Crippen LogP contribution in [0.25, 0.3) is 0 Å². The molecule has 2 rings (SSSR count). The summed E-state index contributed by atoms with van der Waals surface area (Å²) in [6.45, 7) is 0. The van der Waals surface area contributed by atoms with Crippen LogP contribution in [0.3, 0.4) is 0 Å². The molecule has 1 radical (unpaired) electrons. The molecule has 5 heteroatoms. The third-order valence-electron chi connectivity index (χ3n) is 1.76. The Balaban J connectivity index is 2.27. The van der Waals surface area contributed by atoms with Crippen molar-refractivity contribution in [2.45, 2.75) is 4.90 Å². The van der Waals surface area contributed by atoms with Gasteiger partial charge in [0.1, 0.15) is 11.2 Å². The molecule has 0 saturated carbocycles. The van der Waals surface area contributed by atoms with Gasteiger partial charge in [-0.25, -0.2) is 8.42 Å². The number of hydrogen-bond donors (Lipinski definition) is 1. The van der Waals surface area contributed by atoms with E-state index in [4.69, 9.17) is 4.42 Å². The normalized spacial score (nSPS) is 11.2. The Kier molecular flexibility index (Phi) is 2.47. The fourth-order valence-electron chi connectivity index (χ4n) is 1.07. The van der Waals surface area contributed by atoms with Gasteiger partial charge < -0.3 is 4.42 Å². The molecule has 0 aliphatic heterocycles. The van der Waals surface area contributed by atoms with Crippen molar-refractivity contribution in [3.63, 3.8) is 0 Å². The fraction of sp³-hybridized carbons (Fsp3) is 0. The van der Waals surface area contributed by atoms with Gasteiger partial charge in [0.05, 0.1) is 12.0 Å². The summed E-state index contributed by atoms with van der Waals surface area (Å²) in [4.78, 5) is 0.0970. The van der Waals surface area contributed by atoms with E-state index in [-0.39, 0.29) is 4.90 Å². The molecule has 77 valence electrons. The van der Waals surface area contributed by atoms with Gasteiger partial charge in [-0.1, -0.05) is 18.2 Å². The predicted octanol–water partition coefficient (Wildman–Crippen LogP) is 1.88. The van der Waals surface area contributed by atoms with Crippen LogP contribution in [0.2, 0.25) is 0 Å². The zero-order valence-corrected chi connectivity index (χ0v) is 8.49. The van der Waals surface area contributed by atoms with Gasteiger partial charge in [0.25, 0.3) is 10.0 Å². The molecule has 0 bridgehead atoms. The standard InChI is InChI=1S/C10H8NO3S/c12-15(13,10-6-7-14-8-10)11-9-4-2-1-3-5-9/h1-4,6-8,11H. The molecule has 0 fully saturated rings. The zero-order valence-electron chi connectivity index (χ0n) is 7.67. The Hall–Kier alpha value is -1.75. The number of benzene rings is 1. The highest BCUT2D eigenvalue weighted by atomic mass is 32.2. The highest BCUT2D eigenvalue weighted by molar-refractivity contribution is 7.92. The monoisotopic (exact) mass is 222 g/mol. The molecule has 0 saturated heterocycles. The second-order valence-corrected chi connectivity index (χ2v) is 4.52. The number of para-hydroxylation sites is 1. The van der Waals surface area contributed by atoms with Gasteiger partial charge in [-0.05, 0) is 12.1 Å². The second kappa shape index (κ2) is 3.78. The topological polar surface area (TPSA) is 59.3 Å². The SMILES string of the molecule is O=S(=O)(Nc1[c]cccc1)c1ccoc1. The predicted molar refractivity (Wildman–Crippen MR) is 54.8 cm³/mol. The molecule has 0 aliphatic rings. The van der Waals surface area contributed by atoms with Gasteiger partial charge in [-0.2, -0.15) is 0 Å². The minimum atomic E-state index is -3.55. The van der Waals surface area contributed by atoms with Crippen LogP contribution in [0.5, 0.6) is 0 Å². The lowest BCUT2D eigenvalue weighted by atomic mass is 10.3. The molecule has 2 aromatic rings. The molecule has 0 unspecified atom stereocenters. The van der Waals surface area contributed by atoms with Crippen molar-refractivity contribution in [3.8, 4) is 0 Å². The quantitative estimate of drug-likeness (QED) is 0.862. The number of furan rings is 1. The second-order valence-electron chi connectivity index (χ2n) is 2.84. The van der Waals surface area contributed by atoms with Gasteiger partial charge in [0.2, 0.25) is 0 Å². The van der Waals surface area contributed by atoms with E-state index in [0.29, 0.717) is 5.69 Å². The number of hydrogen-bond acceptors (Lipinski definition) is 3. The van der Waals surface area contributed by atoms with Gasteiger partial charge in [0.15, 0.2) is 0 Å². The first-order valence-corrected chi connectivity index (χ1v) is 5.68. The number of nitrogens with one attached hydrogen (secondary N) is 1. The van der Waals surface area contributed by atoms with Gasteiger partial charge >= 0.3 is 0 Å². The summed E-state index contributed by atoms with van der Waals surface area (Å²) in [6.07, 6.45) is 2.48. The van der Waals surface area contributed by atoms with E-state index in [9.17, 15) is 8.42 Å².